The smallest absolute Gasteiger partial charge is 0.129 e. The van der Waals surface area contributed by atoms with Gasteiger partial charge in [0.25, 0.3) is 0 Å². The SMILES string of the molecule is OCC1CCCC1Nc1ccncn1. The Labute approximate surface area is 83.4 Å². The van der Waals surface area contributed by atoms with Gasteiger partial charge in [-0.1, -0.05) is 6.42 Å². The molecular formula is C10H15N3O. The van der Waals surface area contributed by atoms with Crippen molar-refractivity contribution in [3.63, 3.8) is 0 Å². The molecular weight excluding hydrogens is 178 g/mol. The molecule has 1 aliphatic rings. The van der Waals surface area contributed by atoms with Gasteiger partial charge in [-0.2, -0.15) is 0 Å². The van der Waals surface area contributed by atoms with E-state index in [0.717, 1.165) is 18.7 Å². The van der Waals surface area contributed by atoms with Crippen molar-refractivity contribution in [2.45, 2.75) is 25.3 Å². The van der Waals surface area contributed by atoms with E-state index >= 15 is 0 Å². The molecule has 76 valence electrons. The van der Waals surface area contributed by atoms with Gasteiger partial charge in [0.1, 0.15) is 12.1 Å². The van der Waals surface area contributed by atoms with E-state index in [-0.39, 0.29) is 6.61 Å². The Morgan fingerprint density at radius 1 is 1.50 bits per heavy atom. The number of nitrogens with zero attached hydrogens (tertiary/aromatic N) is 2. The molecule has 2 rings (SSSR count). The molecule has 0 amide bonds. The Morgan fingerprint density at radius 3 is 3.14 bits per heavy atom. The van der Waals surface area contributed by atoms with Crippen molar-refractivity contribution in [1.82, 2.24) is 9.97 Å². The molecule has 1 aromatic heterocycles. The zero-order chi connectivity index (χ0) is 9.80. The van der Waals surface area contributed by atoms with Crippen LogP contribution in [0.1, 0.15) is 19.3 Å². The van der Waals surface area contributed by atoms with Crippen molar-refractivity contribution in [3.05, 3.63) is 18.6 Å². The normalized spacial score (nSPS) is 26.4. The van der Waals surface area contributed by atoms with E-state index in [4.69, 9.17) is 5.11 Å². The lowest BCUT2D eigenvalue weighted by Crippen LogP contribution is -2.26. The van der Waals surface area contributed by atoms with Gasteiger partial charge in [0.2, 0.25) is 0 Å². The van der Waals surface area contributed by atoms with E-state index in [1.807, 2.05) is 6.07 Å². The Bertz CT molecular complexity index is 278. The monoisotopic (exact) mass is 193 g/mol. The van der Waals surface area contributed by atoms with E-state index in [0.29, 0.717) is 12.0 Å². The summed E-state index contributed by atoms with van der Waals surface area (Å²) >= 11 is 0. The molecule has 1 aliphatic carbocycles. The first kappa shape index (κ1) is 9.40. The third-order valence-corrected chi connectivity index (χ3v) is 2.81. The lowest BCUT2D eigenvalue weighted by atomic mass is 10.1. The zero-order valence-electron chi connectivity index (χ0n) is 8.06. The van der Waals surface area contributed by atoms with Gasteiger partial charge in [0.15, 0.2) is 0 Å². The molecule has 1 fully saturated rings. The zero-order valence-corrected chi connectivity index (χ0v) is 8.06. The molecule has 1 aromatic rings. The minimum Gasteiger partial charge on any atom is -0.396 e. The summed E-state index contributed by atoms with van der Waals surface area (Å²) in [6.07, 6.45) is 6.67. The first-order chi connectivity index (χ1) is 6.90. The fourth-order valence-electron chi connectivity index (χ4n) is 2.01. The van der Waals surface area contributed by atoms with E-state index < -0.39 is 0 Å². The molecule has 0 spiro atoms. The Balaban J connectivity index is 1.97. The van der Waals surface area contributed by atoms with E-state index in [2.05, 4.69) is 15.3 Å². The summed E-state index contributed by atoms with van der Waals surface area (Å²) in [7, 11) is 0. The van der Waals surface area contributed by atoms with Crippen molar-refractivity contribution in [2.75, 3.05) is 11.9 Å². The largest absolute Gasteiger partial charge is 0.396 e. The predicted octanol–water partition coefficient (Wildman–Crippen LogP) is 1.05. The summed E-state index contributed by atoms with van der Waals surface area (Å²) in [4.78, 5) is 7.97. The van der Waals surface area contributed by atoms with E-state index in [9.17, 15) is 0 Å². The third kappa shape index (κ3) is 2.01. The van der Waals surface area contributed by atoms with E-state index in [1.54, 1.807) is 6.20 Å². The minimum absolute atomic E-state index is 0.267. The Hall–Kier alpha value is -1.16. The van der Waals surface area contributed by atoms with Gasteiger partial charge in [-0.15, -0.1) is 0 Å². The summed E-state index contributed by atoms with van der Waals surface area (Å²) in [5.74, 6) is 1.23. The van der Waals surface area contributed by atoms with Crippen molar-refractivity contribution < 1.29 is 5.11 Å². The third-order valence-electron chi connectivity index (χ3n) is 2.81. The fourth-order valence-corrected chi connectivity index (χ4v) is 2.01. The number of aliphatic hydroxyl groups excluding tert-OH is 1. The Morgan fingerprint density at radius 2 is 2.43 bits per heavy atom. The summed E-state index contributed by atoms with van der Waals surface area (Å²) < 4.78 is 0. The first-order valence-electron chi connectivity index (χ1n) is 5.03. The van der Waals surface area contributed by atoms with Crippen molar-refractivity contribution in [2.24, 2.45) is 5.92 Å². The second-order valence-corrected chi connectivity index (χ2v) is 3.72. The highest BCUT2D eigenvalue weighted by molar-refractivity contribution is 5.33. The first-order valence-corrected chi connectivity index (χ1v) is 5.03. The second-order valence-electron chi connectivity index (χ2n) is 3.72. The fraction of sp³-hybridized carbons (Fsp3) is 0.600. The number of hydrogen-bond acceptors (Lipinski definition) is 4. The molecule has 0 radical (unpaired) electrons. The minimum atomic E-state index is 0.267. The average Bonchev–Trinajstić information content (AvgIpc) is 2.67. The molecule has 2 atom stereocenters. The number of aromatic nitrogens is 2. The summed E-state index contributed by atoms with van der Waals surface area (Å²) in [5, 5.41) is 12.5. The number of rotatable bonds is 3. The Kier molecular flexibility index (Phi) is 2.93. The maximum absolute atomic E-state index is 9.14. The standard InChI is InChI=1S/C10H15N3O/c14-6-8-2-1-3-9(8)13-10-4-5-11-7-12-10/h4-5,7-9,14H,1-3,6H2,(H,11,12,13). The van der Waals surface area contributed by atoms with Crippen LogP contribution >= 0.6 is 0 Å². The average molecular weight is 193 g/mol. The van der Waals surface area contributed by atoms with Crippen LogP contribution in [-0.4, -0.2) is 27.7 Å². The molecule has 0 saturated heterocycles. The van der Waals surface area contributed by atoms with Crippen LogP contribution in [0.2, 0.25) is 0 Å². The summed E-state index contributed by atoms with van der Waals surface area (Å²) in [6.45, 7) is 0.267. The summed E-state index contributed by atoms with van der Waals surface area (Å²) in [6, 6.07) is 2.22. The van der Waals surface area contributed by atoms with Gasteiger partial charge in [-0.3, -0.25) is 0 Å². The van der Waals surface area contributed by atoms with Crippen molar-refractivity contribution >= 4 is 5.82 Å². The highest BCUT2D eigenvalue weighted by Gasteiger charge is 2.26. The molecule has 4 heteroatoms. The van der Waals surface area contributed by atoms with Gasteiger partial charge in [-0.05, 0) is 18.9 Å². The van der Waals surface area contributed by atoms with Crippen LogP contribution in [0.25, 0.3) is 0 Å². The van der Waals surface area contributed by atoms with Gasteiger partial charge in [-0.25, -0.2) is 9.97 Å². The van der Waals surface area contributed by atoms with Crippen LogP contribution in [0.15, 0.2) is 18.6 Å². The number of anilines is 1. The van der Waals surface area contributed by atoms with Gasteiger partial charge in [0, 0.05) is 24.8 Å². The van der Waals surface area contributed by atoms with Crippen LogP contribution < -0.4 is 5.32 Å². The number of nitrogens with one attached hydrogen (secondary N) is 1. The molecule has 2 unspecified atom stereocenters. The molecule has 14 heavy (non-hydrogen) atoms. The number of hydrogen-bond donors (Lipinski definition) is 2. The van der Waals surface area contributed by atoms with Gasteiger partial charge >= 0.3 is 0 Å². The maximum atomic E-state index is 9.14. The van der Waals surface area contributed by atoms with Crippen LogP contribution in [-0.2, 0) is 0 Å². The van der Waals surface area contributed by atoms with Crippen molar-refractivity contribution in [3.8, 4) is 0 Å². The van der Waals surface area contributed by atoms with Gasteiger partial charge in [0.05, 0.1) is 0 Å². The lowest BCUT2D eigenvalue weighted by molar-refractivity contribution is 0.222. The molecule has 0 bridgehead atoms. The van der Waals surface area contributed by atoms with Crippen LogP contribution in [0.5, 0.6) is 0 Å². The predicted molar refractivity (Wildman–Crippen MR) is 53.9 cm³/mol. The topological polar surface area (TPSA) is 58.0 Å². The summed E-state index contributed by atoms with van der Waals surface area (Å²) in [5.41, 5.74) is 0. The van der Waals surface area contributed by atoms with Crippen LogP contribution in [0.3, 0.4) is 0 Å². The maximum Gasteiger partial charge on any atom is 0.129 e. The van der Waals surface area contributed by atoms with Crippen LogP contribution in [0, 0.1) is 5.92 Å². The van der Waals surface area contributed by atoms with Crippen molar-refractivity contribution in [1.29, 1.82) is 0 Å². The van der Waals surface area contributed by atoms with Crippen LogP contribution in [0.4, 0.5) is 5.82 Å². The van der Waals surface area contributed by atoms with E-state index in [1.165, 1.54) is 12.7 Å². The molecule has 1 saturated carbocycles. The molecule has 0 aliphatic heterocycles. The highest BCUT2D eigenvalue weighted by Crippen LogP contribution is 2.27. The molecule has 1 heterocycles. The lowest BCUT2D eigenvalue weighted by Gasteiger charge is -2.19. The van der Waals surface area contributed by atoms with Gasteiger partial charge < -0.3 is 10.4 Å². The molecule has 2 N–H and O–H groups in total. The highest BCUT2D eigenvalue weighted by atomic mass is 16.3. The second kappa shape index (κ2) is 4.37. The molecule has 4 nitrogen and oxygen atoms in total. The quantitative estimate of drug-likeness (QED) is 0.753. The number of aliphatic hydroxyl groups is 1. The molecule has 0 aromatic carbocycles.